The van der Waals surface area contributed by atoms with Crippen LogP contribution in [0, 0.1) is 10.8 Å². The van der Waals surface area contributed by atoms with Gasteiger partial charge in [0.05, 0.1) is 0 Å². The predicted octanol–water partition coefficient (Wildman–Crippen LogP) is 10.6. The first kappa shape index (κ1) is 66.7. The maximum Gasteiger partial charge on any atom is 0.323 e. The van der Waals surface area contributed by atoms with Crippen LogP contribution in [0.3, 0.4) is 0 Å². The maximum absolute atomic E-state index is 13.2. The Labute approximate surface area is 421 Å². The van der Waals surface area contributed by atoms with E-state index in [0.29, 0.717) is 49.9 Å². The van der Waals surface area contributed by atoms with E-state index in [-0.39, 0.29) is 72.0 Å². The molecule has 4 atom stereocenters. The number of esters is 2. The fraction of sp³-hybridized carbons (Fsp3) is 0.500. The quantitative estimate of drug-likeness (QED) is 0.0461. The molecule has 10 nitrogen and oxygen atoms in total. The van der Waals surface area contributed by atoms with Crippen molar-refractivity contribution in [1.82, 2.24) is 0 Å². The van der Waals surface area contributed by atoms with Crippen LogP contribution in [-0.2, 0) is 28.7 Å². The number of hydrogen-bond acceptors (Lipinski definition) is 10. The zero-order valence-corrected chi connectivity index (χ0v) is 44.1. The van der Waals surface area contributed by atoms with E-state index in [1.54, 1.807) is 13.8 Å². The average molecular weight is 999 g/mol. The summed E-state index contributed by atoms with van der Waals surface area (Å²) in [6.45, 7) is 21.0. The van der Waals surface area contributed by atoms with Gasteiger partial charge in [-0.05, 0) is 113 Å². The number of hydrogen-bond donors (Lipinski definition) is 4. The van der Waals surface area contributed by atoms with E-state index in [1.165, 1.54) is 0 Å². The lowest BCUT2D eigenvalue weighted by atomic mass is 9.71. The summed E-state index contributed by atoms with van der Waals surface area (Å²) in [5, 5.41) is 0. The van der Waals surface area contributed by atoms with Crippen molar-refractivity contribution in [2.24, 2.45) is 33.8 Å². The van der Waals surface area contributed by atoms with Gasteiger partial charge in [-0.25, -0.2) is 0 Å². The molecular weight excluding hydrogens is 918 g/mol. The summed E-state index contributed by atoms with van der Waals surface area (Å²) in [6, 6.07) is -1.52. The number of carbonyl (C=O) groups is 4. The third-order valence-corrected chi connectivity index (χ3v) is 11.3. The molecule has 0 saturated heterocycles. The molecule has 4 unspecified atom stereocenters. The second-order valence-electron chi connectivity index (χ2n) is 18.0. The number of unbranched alkanes of at least 4 members (excludes halogenated alkanes) is 2. The van der Waals surface area contributed by atoms with Gasteiger partial charge in [-0.3, -0.25) is 19.2 Å². The number of rotatable bonds is 22. The molecule has 0 saturated carbocycles. The van der Waals surface area contributed by atoms with E-state index in [4.69, 9.17) is 32.4 Å². The molecule has 66 heavy (non-hydrogen) atoms. The average Bonchev–Trinajstić information content (AvgIpc) is 3.20. The van der Waals surface area contributed by atoms with Crippen molar-refractivity contribution in [2.45, 2.75) is 145 Å². The summed E-state index contributed by atoms with van der Waals surface area (Å²) in [7, 11) is 0. The van der Waals surface area contributed by atoms with E-state index < -0.39 is 36.2 Å². The second kappa shape index (κ2) is 33.0. The lowest BCUT2D eigenvalue weighted by Crippen LogP contribution is -2.42. The molecule has 0 aromatic heterocycles. The monoisotopic (exact) mass is 996 g/mol. The van der Waals surface area contributed by atoms with Gasteiger partial charge in [-0.1, -0.05) is 148 Å². The van der Waals surface area contributed by atoms with E-state index in [1.807, 2.05) is 113 Å². The first-order valence-corrected chi connectivity index (χ1v) is 22.1. The minimum Gasteiger partial charge on any atom is -0.453 e. The molecular formula is C52H80Cl4N4O6. The number of ether oxygens (including phenoxy) is 2. The van der Waals surface area contributed by atoms with E-state index in [2.05, 4.69) is 27.7 Å². The highest BCUT2D eigenvalue weighted by Crippen LogP contribution is 2.42. The number of ketones is 2. The molecule has 0 amide bonds. The molecule has 0 aromatic carbocycles. The Morgan fingerprint density at radius 2 is 0.864 bits per heavy atom. The van der Waals surface area contributed by atoms with Gasteiger partial charge in [0.1, 0.15) is 12.1 Å². The Kier molecular flexibility index (Phi) is 33.4. The molecule has 2 aliphatic rings. The van der Waals surface area contributed by atoms with Crippen LogP contribution < -0.4 is 22.9 Å². The Hall–Kier alpha value is -3.58. The summed E-state index contributed by atoms with van der Waals surface area (Å²) < 4.78 is 11.2. The summed E-state index contributed by atoms with van der Waals surface area (Å²) in [4.78, 5) is 51.6. The van der Waals surface area contributed by atoms with Crippen LogP contribution in [0.25, 0.3) is 0 Å². The number of carbonyl (C=O) groups excluding carboxylic acids is 4. The Morgan fingerprint density at radius 3 is 1.18 bits per heavy atom. The lowest BCUT2D eigenvalue weighted by Gasteiger charge is -2.36. The Bertz CT molecular complexity index is 1830. The third-order valence-electron chi connectivity index (χ3n) is 11.3. The summed E-state index contributed by atoms with van der Waals surface area (Å²) in [6.07, 6.45) is 31.3. The van der Waals surface area contributed by atoms with Gasteiger partial charge < -0.3 is 32.4 Å². The predicted molar refractivity (Wildman–Crippen MR) is 283 cm³/mol. The molecule has 0 radical (unpaired) electrons. The third kappa shape index (κ3) is 22.5. The summed E-state index contributed by atoms with van der Waals surface area (Å²) >= 11 is 0. The SMILES string of the molecule is CC1=C(/C=C/C(C)=C/C=C/C(C)=C/C=C/C=C(C)/C=C/C=C(C)/C=C/C2=C(C)C(=O)C(OC(=O)C(N)CCCCN)CC2(C)C)C(C)(C)CC(OC(=O)C(N)CCCCN)C1=O.Cl.Cl.Cl.Cl. The minimum atomic E-state index is -0.839. The molecule has 0 fully saturated rings. The zero-order valence-electron chi connectivity index (χ0n) is 40.9. The van der Waals surface area contributed by atoms with Gasteiger partial charge in [-0.15, -0.1) is 49.6 Å². The van der Waals surface area contributed by atoms with Crippen molar-refractivity contribution in [3.63, 3.8) is 0 Å². The largest absolute Gasteiger partial charge is 0.453 e. The second-order valence-corrected chi connectivity index (χ2v) is 18.0. The zero-order chi connectivity index (χ0) is 46.6. The highest BCUT2D eigenvalue weighted by molar-refractivity contribution is 6.02. The van der Waals surface area contributed by atoms with Gasteiger partial charge in [0.2, 0.25) is 0 Å². The minimum absolute atomic E-state index is 0. The molecule has 0 aromatic rings. The van der Waals surface area contributed by atoms with Crippen LogP contribution in [0.15, 0.2) is 130 Å². The fourth-order valence-corrected chi connectivity index (χ4v) is 7.47. The van der Waals surface area contributed by atoms with Gasteiger partial charge in [0.15, 0.2) is 23.8 Å². The van der Waals surface area contributed by atoms with E-state index >= 15 is 0 Å². The topological polar surface area (TPSA) is 191 Å². The van der Waals surface area contributed by atoms with E-state index in [0.717, 1.165) is 59.1 Å². The van der Waals surface area contributed by atoms with Crippen molar-refractivity contribution in [3.8, 4) is 0 Å². The van der Waals surface area contributed by atoms with Crippen molar-refractivity contribution >= 4 is 73.1 Å². The maximum atomic E-state index is 13.2. The van der Waals surface area contributed by atoms with Gasteiger partial charge in [0, 0.05) is 12.8 Å². The molecule has 372 valence electrons. The molecule has 0 aliphatic heterocycles. The Balaban J connectivity index is -0.00000992. The molecule has 0 spiro atoms. The number of Topliss-reactive ketones (excluding diaryl/α,β-unsaturated/α-hetero) is 2. The Morgan fingerprint density at radius 1 is 0.561 bits per heavy atom. The van der Waals surface area contributed by atoms with Crippen LogP contribution in [0.2, 0.25) is 0 Å². The molecule has 14 heteroatoms. The molecule has 0 bridgehead atoms. The van der Waals surface area contributed by atoms with Crippen molar-refractivity contribution in [2.75, 3.05) is 13.1 Å². The molecule has 2 aliphatic carbocycles. The summed E-state index contributed by atoms with van der Waals surface area (Å²) in [5.41, 5.74) is 29.6. The van der Waals surface area contributed by atoms with Crippen molar-refractivity contribution in [3.05, 3.63) is 130 Å². The van der Waals surface area contributed by atoms with Gasteiger partial charge in [0.25, 0.3) is 0 Å². The normalized spacial score (nSPS) is 20.4. The first-order valence-electron chi connectivity index (χ1n) is 22.1. The van der Waals surface area contributed by atoms with Gasteiger partial charge in [-0.2, -0.15) is 0 Å². The van der Waals surface area contributed by atoms with Crippen LogP contribution in [0.1, 0.15) is 121 Å². The highest BCUT2D eigenvalue weighted by Gasteiger charge is 2.41. The van der Waals surface area contributed by atoms with Crippen molar-refractivity contribution in [1.29, 1.82) is 0 Å². The van der Waals surface area contributed by atoms with Crippen LogP contribution >= 0.6 is 49.6 Å². The van der Waals surface area contributed by atoms with E-state index in [9.17, 15) is 19.2 Å². The number of nitrogens with two attached hydrogens (primary N) is 4. The lowest BCUT2D eigenvalue weighted by molar-refractivity contribution is -0.157. The highest BCUT2D eigenvalue weighted by atomic mass is 35.5. The van der Waals surface area contributed by atoms with Crippen LogP contribution in [0.5, 0.6) is 0 Å². The molecule has 2 rings (SSSR count). The number of allylic oxidation sites excluding steroid dienone is 20. The van der Waals surface area contributed by atoms with Crippen LogP contribution in [-0.4, -0.2) is 60.9 Å². The standard InChI is InChI=1S/C52H76N4O6.4ClH/c1-35(21-17-23-37(3)27-29-41-39(5)47(57)45(33-51(41,7)8)61-49(59)43(55)25-13-15-31-53)19-11-12-20-36(2)22-18-24-38(4)28-30-42-40(6)48(58)46(34-52(42,9)10)62-50(60)44(56)26-14-16-32-54;;;;/h11-12,17-24,27-30,43-46H,13-16,25-26,31-34,53-56H2,1-10H3;4*1H/b12-11+,21-17+,22-18+,29-27+,30-28+,35-19+,36-20+,37-23+,38-24+;;;;. The fourth-order valence-electron chi connectivity index (χ4n) is 7.47. The van der Waals surface area contributed by atoms with Crippen molar-refractivity contribution < 1.29 is 28.7 Å². The first-order chi connectivity index (χ1) is 29.1. The molecule has 0 heterocycles. The van der Waals surface area contributed by atoms with Gasteiger partial charge >= 0.3 is 11.9 Å². The number of halogens is 4. The summed E-state index contributed by atoms with van der Waals surface area (Å²) in [5.74, 6) is -1.44. The van der Waals surface area contributed by atoms with Crippen LogP contribution in [0.4, 0.5) is 0 Å². The molecule has 8 N–H and O–H groups in total. The smallest absolute Gasteiger partial charge is 0.323 e.